The summed E-state index contributed by atoms with van der Waals surface area (Å²) in [5, 5.41) is 49.9. The summed E-state index contributed by atoms with van der Waals surface area (Å²) >= 11 is 0. The molecule has 12 heteroatoms. The van der Waals surface area contributed by atoms with E-state index in [0.717, 1.165) is 5.56 Å². The van der Waals surface area contributed by atoms with Gasteiger partial charge in [0.25, 0.3) is 0 Å². The lowest BCUT2D eigenvalue weighted by Gasteiger charge is -2.46. The minimum absolute atomic E-state index is 0.0337. The predicted molar refractivity (Wildman–Crippen MR) is 92.1 cm³/mol. The minimum atomic E-state index is -4.86. The molecule has 1 aliphatic rings. The Bertz CT molecular complexity index is 734. The van der Waals surface area contributed by atoms with Crippen molar-refractivity contribution in [1.29, 1.82) is 1.43 Å². The Hall–Kier alpha value is -1.19. The summed E-state index contributed by atoms with van der Waals surface area (Å²) in [6.07, 6.45) is -9.18. The summed E-state index contributed by atoms with van der Waals surface area (Å²) in [6.45, 7) is -1.84. The summed E-state index contributed by atoms with van der Waals surface area (Å²) in [7, 11) is -4.86. The van der Waals surface area contributed by atoms with Crippen molar-refractivity contribution in [2.24, 2.45) is 0 Å². The van der Waals surface area contributed by atoms with Crippen LogP contribution in [0.25, 0.3) is 1.43 Å². The van der Waals surface area contributed by atoms with Gasteiger partial charge in [0.2, 0.25) is 1.43 Å². The Morgan fingerprint density at radius 2 is 1.96 bits per heavy atom. The van der Waals surface area contributed by atoms with Gasteiger partial charge in [-0.05, 0) is 5.56 Å². The Morgan fingerprint density at radius 1 is 1.29 bits per heavy atom. The van der Waals surface area contributed by atoms with Crippen molar-refractivity contribution in [2.45, 2.75) is 49.3 Å². The molecule has 0 spiro atoms. The molecule has 0 amide bonds. The zero-order valence-corrected chi connectivity index (χ0v) is 15.5. The van der Waals surface area contributed by atoms with Crippen LogP contribution in [-0.4, -0.2) is 88.0 Å². The van der Waals surface area contributed by atoms with E-state index >= 15 is 0 Å². The molecule has 1 aromatic rings. The minimum Gasteiger partial charge on any atom is -0.394 e. The van der Waals surface area contributed by atoms with Crippen LogP contribution < -0.4 is 0 Å². The summed E-state index contributed by atoms with van der Waals surface area (Å²) in [5.74, 6) is -1.83. The summed E-state index contributed by atoms with van der Waals surface area (Å²) in [5.41, 5.74) is 0.719. The number of benzene rings is 1. The Labute approximate surface area is 163 Å². The predicted octanol–water partition coefficient (Wildman–Crippen LogP) is -2.06. The maximum Gasteiger partial charge on any atom is 0.397 e. The van der Waals surface area contributed by atoms with E-state index in [0.29, 0.717) is 0 Å². The van der Waals surface area contributed by atoms with E-state index in [-0.39, 0.29) is 13.0 Å². The van der Waals surface area contributed by atoms with Crippen molar-refractivity contribution in [3.05, 3.63) is 35.9 Å². The molecule has 0 saturated carbocycles. The van der Waals surface area contributed by atoms with Gasteiger partial charge >= 0.3 is 10.4 Å². The molecule has 0 aliphatic carbocycles. The standard InChI is InChI=1S/C16H24O11S/c17-7-12(27-28(22,23)24)14(21)15-13(20)11(19)6-16(9-18,26-15)25-8-10-4-2-1-3-5-10/h1-5,11-15,17-21H,6-9H2,(H,22,23,24)/t11-,12+,13+,14+,15+,16+/m0/s1/i/hD. The first-order valence-corrected chi connectivity index (χ1v) is 9.70. The van der Waals surface area contributed by atoms with E-state index in [1.165, 1.54) is 0 Å². The molecule has 6 atom stereocenters. The molecule has 1 fully saturated rings. The highest BCUT2D eigenvalue weighted by atomic mass is 32.3. The van der Waals surface area contributed by atoms with Crippen LogP contribution in [0.3, 0.4) is 0 Å². The van der Waals surface area contributed by atoms with Gasteiger partial charge < -0.3 is 35.0 Å². The van der Waals surface area contributed by atoms with Crippen molar-refractivity contribution in [2.75, 3.05) is 13.2 Å². The van der Waals surface area contributed by atoms with Gasteiger partial charge in [-0.3, -0.25) is 4.56 Å². The lowest BCUT2D eigenvalue weighted by atomic mass is 9.91. The molecule has 1 heterocycles. The third kappa shape index (κ3) is 5.90. The molecule has 2 rings (SSSR count). The van der Waals surface area contributed by atoms with Gasteiger partial charge in [-0.25, -0.2) is 4.18 Å². The highest BCUT2D eigenvalue weighted by molar-refractivity contribution is 7.80. The smallest absolute Gasteiger partial charge is 0.394 e. The summed E-state index contributed by atoms with van der Waals surface area (Å²) < 4.78 is 47.8. The highest BCUT2D eigenvalue weighted by Gasteiger charge is 2.51. The van der Waals surface area contributed by atoms with E-state index in [1.54, 1.807) is 30.3 Å². The molecule has 0 aromatic heterocycles. The number of aliphatic hydroxyl groups is 5. The van der Waals surface area contributed by atoms with Gasteiger partial charge in [0, 0.05) is 6.42 Å². The Balaban J connectivity index is 2.19. The van der Waals surface area contributed by atoms with Crippen molar-refractivity contribution in [3.63, 3.8) is 0 Å². The molecule has 1 aliphatic heterocycles. The molecule has 160 valence electrons. The fourth-order valence-electron chi connectivity index (χ4n) is 2.88. The van der Waals surface area contributed by atoms with Crippen LogP contribution in [0.15, 0.2) is 30.3 Å². The second-order valence-corrected chi connectivity index (χ2v) is 7.41. The highest BCUT2D eigenvalue weighted by Crippen LogP contribution is 2.33. The van der Waals surface area contributed by atoms with Crippen LogP contribution in [-0.2, 0) is 30.7 Å². The van der Waals surface area contributed by atoms with Gasteiger partial charge in [-0.1, -0.05) is 30.3 Å². The maximum atomic E-state index is 11.3. The first-order valence-electron chi connectivity index (χ1n) is 8.77. The SMILES string of the molecule is [2H]OS(=O)(=O)O[C@H](CO)[C@@H](O)[C@@H]1O[C@](CO)(OCc2ccccc2)C[C@H](O)[C@H]1O. The average molecular weight is 425 g/mol. The Morgan fingerprint density at radius 3 is 2.54 bits per heavy atom. The lowest BCUT2D eigenvalue weighted by Crippen LogP contribution is -2.62. The van der Waals surface area contributed by atoms with E-state index in [2.05, 4.69) is 8.74 Å². The van der Waals surface area contributed by atoms with Crippen molar-refractivity contribution >= 4 is 10.4 Å². The second-order valence-electron chi connectivity index (χ2n) is 6.40. The molecular weight excluding hydrogens is 400 g/mol. The molecule has 1 aromatic carbocycles. The largest absolute Gasteiger partial charge is 0.397 e. The summed E-state index contributed by atoms with van der Waals surface area (Å²) in [6, 6.07) is 8.79. The van der Waals surface area contributed by atoms with Crippen LogP contribution in [0, 0.1) is 0 Å². The molecule has 0 bridgehead atoms. The second kappa shape index (κ2) is 9.54. The molecule has 28 heavy (non-hydrogen) atoms. The molecule has 11 nitrogen and oxygen atoms in total. The van der Waals surface area contributed by atoms with Crippen molar-refractivity contribution in [1.82, 2.24) is 0 Å². The van der Waals surface area contributed by atoms with E-state index in [1.807, 2.05) is 0 Å². The first-order chi connectivity index (χ1) is 13.7. The normalized spacial score (nSPS) is 31.2. The zero-order valence-electron chi connectivity index (χ0n) is 15.7. The summed E-state index contributed by atoms with van der Waals surface area (Å²) in [4.78, 5) is 0. The first kappa shape index (κ1) is 21.5. The fraction of sp³-hybridized carbons (Fsp3) is 0.625. The lowest BCUT2D eigenvalue weighted by molar-refractivity contribution is -0.348. The fourth-order valence-corrected chi connectivity index (χ4v) is 3.36. The third-order valence-corrected chi connectivity index (χ3v) is 4.81. The number of hydrogen-bond donors (Lipinski definition) is 6. The number of ether oxygens (including phenoxy) is 2. The van der Waals surface area contributed by atoms with Gasteiger partial charge in [0.15, 0.2) is 5.79 Å². The molecular formula is C16H24O11S. The van der Waals surface area contributed by atoms with E-state index in [4.69, 9.17) is 10.9 Å². The average Bonchev–Trinajstić information content (AvgIpc) is 2.73. The van der Waals surface area contributed by atoms with Crippen LogP contribution in [0.4, 0.5) is 0 Å². The van der Waals surface area contributed by atoms with Crippen LogP contribution in [0.1, 0.15) is 12.0 Å². The third-order valence-electron chi connectivity index (χ3n) is 4.33. The van der Waals surface area contributed by atoms with Gasteiger partial charge in [-0.2, -0.15) is 8.42 Å². The van der Waals surface area contributed by atoms with Gasteiger partial charge in [0.1, 0.15) is 24.4 Å². The maximum absolute atomic E-state index is 11.3. The number of rotatable bonds is 10. The quantitative estimate of drug-likeness (QED) is 0.227. The zero-order chi connectivity index (χ0) is 21.7. The van der Waals surface area contributed by atoms with Crippen molar-refractivity contribution in [3.8, 4) is 0 Å². The molecule has 1 saturated heterocycles. The van der Waals surface area contributed by atoms with Crippen LogP contribution in [0.2, 0.25) is 0 Å². The van der Waals surface area contributed by atoms with Crippen LogP contribution >= 0.6 is 0 Å². The van der Waals surface area contributed by atoms with Gasteiger partial charge in [0.05, 0.1) is 25.9 Å². The number of aliphatic hydroxyl groups excluding tert-OH is 5. The molecule has 6 N–H and O–H groups in total. The molecule has 0 unspecified atom stereocenters. The van der Waals surface area contributed by atoms with E-state index < -0.39 is 59.9 Å². The van der Waals surface area contributed by atoms with Gasteiger partial charge in [-0.15, -0.1) is 0 Å². The monoisotopic (exact) mass is 425 g/mol. The molecule has 0 radical (unpaired) electrons. The van der Waals surface area contributed by atoms with E-state index in [9.17, 15) is 34.0 Å². The van der Waals surface area contributed by atoms with Crippen LogP contribution in [0.5, 0.6) is 0 Å². The van der Waals surface area contributed by atoms with Crippen molar-refractivity contribution < 1.29 is 52.2 Å². The topological polar surface area (TPSA) is 183 Å². The Kier molecular flexibility index (Phi) is 7.33. The number of hydrogen-bond acceptors (Lipinski definition) is 11.